The summed E-state index contributed by atoms with van der Waals surface area (Å²) in [7, 11) is 0. The molecule has 0 fully saturated rings. The Morgan fingerprint density at radius 1 is 1.43 bits per heavy atom. The van der Waals surface area contributed by atoms with Crippen molar-refractivity contribution in [3.05, 3.63) is 0 Å². The molecule has 0 aromatic carbocycles. The molecular weight excluding hydrogens is 155 g/mol. The molecule has 0 aliphatic rings. The minimum Gasteiger partial charge on any atom is -0.423 e. The second-order valence-electron chi connectivity index (χ2n) is 2.37. The Labute approximate surface area is 53.7 Å². The van der Waals surface area contributed by atoms with Gasteiger partial charge < -0.3 is 4.65 Å². The largest absolute Gasteiger partial charge is 0.423 e. The number of hydrogen-bond donors (Lipinski definition) is 0. The van der Waals surface area contributed by atoms with E-state index in [1.807, 2.05) is 20.8 Å². The molecule has 0 spiro atoms. The Hall–Kier alpha value is 0.505. The first kappa shape index (κ1) is 7.50. The van der Waals surface area contributed by atoms with Gasteiger partial charge in [-0.05, 0) is 20.8 Å². The van der Waals surface area contributed by atoms with E-state index in [9.17, 15) is 0 Å². The molecule has 0 saturated carbocycles. The van der Waals surface area contributed by atoms with Crippen LogP contribution in [0.2, 0.25) is 0 Å². The van der Waals surface area contributed by atoms with Gasteiger partial charge in [-0.2, -0.15) is 0 Å². The van der Waals surface area contributed by atoms with Crippen molar-refractivity contribution in [2.24, 2.45) is 0 Å². The SMILES string of the molecule is CC(C)(C)OBBr. The topological polar surface area (TPSA) is 9.23 Å². The summed E-state index contributed by atoms with van der Waals surface area (Å²) in [4.78, 5) is 0. The van der Waals surface area contributed by atoms with E-state index in [0.29, 0.717) is 6.31 Å². The maximum atomic E-state index is 5.15. The van der Waals surface area contributed by atoms with Crippen molar-refractivity contribution in [1.82, 2.24) is 0 Å². The molecule has 42 valence electrons. The maximum Gasteiger partial charge on any atom is 0.352 e. The fourth-order valence-corrected chi connectivity index (χ4v) is 0.850. The molecule has 0 radical (unpaired) electrons. The van der Waals surface area contributed by atoms with Crippen molar-refractivity contribution in [2.75, 3.05) is 0 Å². The van der Waals surface area contributed by atoms with Gasteiger partial charge >= 0.3 is 6.31 Å². The van der Waals surface area contributed by atoms with Gasteiger partial charge in [0.2, 0.25) is 0 Å². The van der Waals surface area contributed by atoms with Gasteiger partial charge in [0.05, 0.1) is 0 Å². The average molecular weight is 165 g/mol. The molecule has 1 nitrogen and oxygen atoms in total. The second-order valence-corrected chi connectivity index (χ2v) is 2.82. The third kappa shape index (κ3) is 6.50. The highest BCUT2D eigenvalue weighted by molar-refractivity contribution is 9.23. The third-order valence-corrected chi connectivity index (χ3v) is 0.716. The second kappa shape index (κ2) is 2.73. The van der Waals surface area contributed by atoms with Crippen LogP contribution in [-0.2, 0) is 4.65 Å². The quantitative estimate of drug-likeness (QED) is 0.534. The zero-order valence-electron chi connectivity index (χ0n) is 4.99. The summed E-state index contributed by atoms with van der Waals surface area (Å²) >= 11 is 3.16. The molecule has 0 rings (SSSR count). The summed E-state index contributed by atoms with van der Waals surface area (Å²) in [5, 5.41) is 0. The Morgan fingerprint density at radius 3 is 1.86 bits per heavy atom. The van der Waals surface area contributed by atoms with Crippen LogP contribution in [0.4, 0.5) is 0 Å². The average Bonchev–Trinajstić information content (AvgIpc) is 1.30. The Bertz CT molecular complexity index is 50.1. The number of halogens is 1. The van der Waals surface area contributed by atoms with Crippen LogP contribution in [0.1, 0.15) is 20.8 Å². The fraction of sp³-hybridized carbons (Fsp3) is 1.00. The minimum atomic E-state index is 0.00347. The molecule has 0 aromatic heterocycles. The van der Waals surface area contributed by atoms with Crippen LogP contribution < -0.4 is 0 Å². The molecule has 0 unspecified atom stereocenters. The highest BCUT2D eigenvalue weighted by Crippen LogP contribution is 2.05. The smallest absolute Gasteiger partial charge is 0.352 e. The Kier molecular flexibility index (Phi) is 2.92. The first-order valence-electron chi connectivity index (χ1n) is 2.26. The van der Waals surface area contributed by atoms with Crippen LogP contribution in [0.15, 0.2) is 0 Å². The zero-order valence-corrected chi connectivity index (χ0v) is 6.58. The van der Waals surface area contributed by atoms with Crippen molar-refractivity contribution in [2.45, 2.75) is 26.4 Å². The van der Waals surface area contributed by atoms with Gasteiger partial charge in [-0.15, -0.1) is 15.8 Å². The van der Waals surface area contributed by atoms with Crippen LogP contribution in [-0.4, -0.2) is 11.9 Å². The van der Waals surface area contributed by atoms with Crippen LogP contribution in [0.5, 0.6) is 0 Å². The van der Waals surface area contributed by atoms with E-state index < -0.39 is 0 Å². The maximum absolute atomic E-state index is 5.15. The molecule has 0 amide bonds. The molecule has 0 aliphatic heterocycles. The molecule has 0 aliphatic carbocycles. The van der Waals surface area contributed by atoms with E-state index in [2.05, 4.69) is 15.8 Å². The van der Waals surface area contributed by atoms with Crippen LogP contribution in [0.25, 0.3) is 0 Å². The van der Waals surface area contributed by atoms with Crippen LogP contribution in [0.3, 0.4) is 0 Å². The van der Waals surface area contributed by atoms with Crippen molar-refractivity contribution in [1.29, 1.82) is 0 Å². The minimum absolute atomic E-state index is 0.00347. The van der Waals surface area contributed by atoms with Crippen molar-refractivity contribution in [3.63, 3.8) is 0 Å². The summed E-state index contributed by atoms with van der Waals surface area (Å²) < 4.78 is 5.15. The summed E-state index contributed by atoms with van der Waals surface area (Å²) in [6.45, 7) is 6.07. The molecule has 0 N–H and O–H groups in total. The summed E-state index contributed by atoms with van der Waals surface area (Å²) in [5.74, 6) is 0. The van der Waals surface area contributed by atoms with Gasteiger partial charge in [-0.25, -0.2) is 0 Å². The lowest BCUT2D eigenvalue weighted by molar-refractivity contribution is 0.145. The van der Waals surface area contributed by atoms with Crippen LogP contribution >= 0.6 is 15.8 Å². The van der Waals surface area contributed by atoms with E-state index in [4.69, 9.17) is 4.65 Å². The molecule has 7 heavy (non-hydrogen) atoms. The highest BCUT2D eigenvalue weighted by Gasteiger charge is 2.07. The molecular formula is C4H10BBrO. The molecule has 3 heteroatoms. The predicted octanol–water partition coefficient (Wildman–Crippen LogP) is 1.46. The monoisotopic (exact) mass is 164 g/mol. The third-order valence-electron chi connectivity index (χ3n) is 0.488. The predicted molar refractivity (Wildman–Crippen MR) is 36.9 cm³/mol. The molecule has 0 atom stereocenters. The van der Waals surface area contributed by atoms with E-state index in [1.165, 1.54) is 0 Å². The summed E-state index contributed by atoms with van der Waals surface area (Å²) in [6, 6.07) is 0. The summed E-state index contributed by atoms with van der Waals surface area (Å²) in [6.07, 6.45) is 0.622. The molecule has 0 heterocycles. The highest BCUT2D eigenvalue weighted by atomic mass is 79.9. The van der Waals surface area contributed by atoms with Gasteiger partial charge in [0, 0.05) is 5.60 Å². The van der Waals surface area contributed by atoms with E-state index >= 15 is 0 Å². The Morgan fingerprint density at radius 2 is 1.86 bits per heavy atom. The van der Waals surface area contributed by atoms with Crippen molar-refractivity contribution in [3.8, 4) is 0 Å². The van der Waals surface area contributed by atoms with Gasteiger partial charge in [0.25, 0.3) is 0 Å². The van der Waals surface area contributed by atoms with Gasteiger partial charge in [-0.1, -0.05) is 0 Å². The number of hydrogen-bond acceptors (Lipinski definition) is 1. The Balaban J connectivity index is 3.15. The van der Waals surface area contributed by atoms with Crippen molar-refractivity contribution >= 4 is 22.1 Å². The van der Waals surface area contributed by atoms with E-state index in [0.717, 1.165) is 0 Å². The molecule has 0 aromatic rings. The van der Waals surface area contributed by atoms with Gasteiger partial charge in [-0.3, -0.25) is 0 Å². The van der Waals surface area contributed by atoms with E-state index in [-0.39, 0.29) is 5.60 Å². The number of rotatable bonds is 1. The zero-order chi connectivity index (χ0) is 5.91. The standard InChI is InChI=1S/C4H10BBrO/c1-4(2,3)7-5-6/h5H,1-3H3. The van der Waals surface area contributed by atoms with Gasteiger partial charge in [0.1, 0.15) is 0 Å². The van der Waals surface area contributed by atoms with Gasteiger partial charge in [0.15, 0.2) is 0 Å². The molecule has 0 saturated heterocycles. The first-order chi connectivity index (χ1) is 3.06. The van der Waals surface area contributed by atoms with Crippen LogP contribution in [0, 0.1) is 0 Å². The summed E-state index contributed by atoms with van der Waals surface area (Å²) in [5.41, 5.74) is 0.00347. The fourth-order valence-electron chi connectivity index (χ4n) is 0.164. The lowest BCUT2D eigenvalue weighted by Gasteiger charge is -2.16. The lowest BCUT2D eigenvalue weighted by atomic mass is 10.2. The lowest BCUT2D eigenvalue weighted by Crippen LogP contribution is -2.19. The molecule has 0 bridgehead atoms. The normalized spacial score (nSPS) is 11.4. The van der Waals surface area contributed by atoms with E-state index in [1.54, 1.807) is 0 Å². The first-order valence-corrected chi connectivity index (χ1v) is 3.38. The van der Waals surface area contributed by atoms with Crippen molar-refractivity contribution < 1.29 is 4.65 Å².